The van der Waals surface area contributed by atoms with E-state index in [-0.39, 0.29) is 12.4 Å². The maximum atomic E-state index is 5.42. The monoisotopic (exact) mass is 383 g/mol. The highest BCUT2D eigenvalue weighted by Gasteiger charge is 2.31. The van der Waals surface area contributed by atoms with Crippen LogP contribution < -0.4 is 5.32 Å². The van der Waals surface area contributed by atoms with Crippen molar-refractivity contribution in [1.82, 2.24) is 25.3 Å². The fourth-order valence-corrected chi connectivity index (χ4v) is 4.31. The standard InChI is InChI=1S/C17H25N5OS.ClH/c1-17(4-5-18-12-17)13-22-8-6-21(7-9-22)11-15-19-16(20-23-15)14-3-2-10-24-14;/h2-3,10,18H,4-9,11-13H2,1H3;1H. The summed E-state index contributed by atoms with van der Waals surface area (Å²) < 4.78 is 5.42. The molecule has 0 saturated carbocycles. The predicted molar refractivity (Wildman–Crippen MR) is 102 cm³/mol. The molecule has 138 valence electrons. The number of nitrogens with zero attached hydrogens (tertiary/aromatic N) is 4. The summed E-state index contributed by atoms with van der Waals surface area (Å²) >= 11 is 1.64. The number of piperazine rings is 1. The summed E-state index contributed by atoms with van der Waals surface area (Å²) in [6, 6.07) is 4.03. The molecule has 0 aliphatic carbocycles. The van der Waals surface area contributed by atoms with Crippen molar-refractivity contribution in [3.8, 4) is 10.7 Å². The van der Waals surface area contributed by atoms with Gasteiger partial charge in [-0.2, -0.15) is 4.98 Å². The van der Waals surface area contributed by atoms with E-state index in [2.05, 4.69) is 32.2 Å². The number of halogens is 1. The minimum absolute atomic E-state index is 0. The van der Waals surface area contributed by atoms with Crippen LogP contribution in [0.25, 0.3) is 10.7 Å². The SMILES string of the molecule is CC1(CN2CCN(Cc3nc(-c4cccs4)no3)CC2)CCNC1.Cl. The highest BCUT2D eigenvalue weighted by atomic mass is 35.5. The molecule has 1 atom stereocenters. The molecule has 2 aromatic rings. The first-order chi connectivity index (χ1) is 11.7. The fourth-order valence-electron chi connectivity index (χ4n) is 3.67. The van der Waals surface area contributed by atoms with E-state index in [4.69, 9.17) is 4.52 Å². The van der Waals surface area contributed by atoms with Crippen LogP contribution in [-0.4, -0.2) is 65.8 Å². The molecular formula is C17H26ClN5OS. The van der Waals surface area contributed by atoms with Gasteiger partial charge in [0.1, 0.15) is 0 Å². The number of rotatable bonds is 5. The van der Waals surface area contributed by atoms with Gasteiger partial charge in [0.25, 0.3) is 0 Å². The Labute approximate surface area is 159 Å². The Morgan fingerprint density at radius 1 is 1.28 bits per heavy atom. The second kappa shape index (κ2) is 8.14. The summed E-state index contributed by atoms with van der Waals surface area (Å²) in [5.41, 5.74) is 0.449. The summed E-state index contributed by atoms with van der Waals surface area (Å²) in [6.07, 6.45) is 1.29. The van der Waals surface area contributed by atoms with E-state index in [0.29, 0.717) is 11.2 Å². The maximum absolute atomic E-state index is 5.42. The van der Waals surface area contributed by atoms with E-state index in [1.807, 2.05) is 17.5 Å². The lowest BCUT2D eigenvalue weighted by Gasteiger charge is -2.38. The van der Waals surface area contributed by atoms with Crippen molar-refractivity contribution in [3.05, 3.63) is 23.4 Å². The third-order valence-electron chi connectivity index (χ3n) is 5.10. The molecule has 4 rings (SSSR count). The fraction of sp³-hybridized carbons (Fsp3) is 0.647. The first kappa shape index (κ1) is 18.8. The van der Waals surface area contributed by atoms with Crippen molar-refractivity contribution in [2.24, 2.45) is 5.41 Å². The summed E-state index contributed by atoms with van der Waals surface area (Å²) in [5.74, 6) is 1.43. The number of hydrogen-bond acceptors (Lipinski definition) is 7. The molecule has 0 amide bonds. The molecule has 0 radical (unpaired) electrons. The molecule has 8 heteroatoms. The van der Waals surface area contributed by atoms with Gasteiger partial charge in [0, 0.05) is 39.3 Å². The number of nitrogens with one attached hydrogen (secondary N) is 1. The molecule has 0 aromatic carbocycles. The average Bonchev–Trinajstić information content (AvgIpc) is 3.31. The van der Waals surface area contributed by atoms with E-state index in [1.54, 1.807) is 11.3 Å². The molecule has 25 heavy (non-hydrogen) atoms. The molecular weight excluding hydrogens is 358 g/mol. The Hall–Kier alpha value is -0.990. The molecule has 2 fully saturated rings. The van der Waals surface area contributed by atoms with Crippen LogP contribution in [0.2, 0.25) is 0 Å². The predicted octanol–water partition coefficient (Wildman–Crippen LogP) is 2.34. The zero-order valence-electron chi connectivity index (χ0n) is 14.6. The normalized spacial score (nSPS) is 25.2. The van der Waals surface area contributed by atoms with Crippen LogP contribution in [0, 0.1) is 5.41 Å². The molecule has 1 N–H and O–H groups in total. The Kier molecular flexibility index (Phi) is 6.12. The van der Waals surface area contributed by atoms with Crippen molar-refractivity contribution in [3.63, 3.8) is 0 Å². The quantitative estimate of drug-likeness (QED) is 0.855. The maximum Gasteiger partial charge on any atom is 0.241 e. The van der Waals surface area contributed by atoms with Crippen LogP contribution in [0.4, 0.5) is 0 Å². The second-order valence-corrected chi connectivity index (χ2v) is 8.23. The van der Waals surface area contributed by atoms with Crippen molar-refractivity contribution in [2.45, 2.75) is 19.9 Å². The Balaban J connectivity index is 0.00000182. The van der Waals surface area contributed by atoms with E-state index >= 15 is 0 Å². The molecule has 2 aliphatic heterocycles. The van der Waals surface area contributed by atoms with Crippen molar-refractivity contribution in [1.29, 1.82) is 0 Å². The van der Waals surface area contributed by atoms with E-state index in [9.17, 15) is 0 Å². The smallest absolute Gasteiger partial charge is 0.241 e. The Bertz CT molecular complexity index is 648. The van der Waals surface area contributed by atoms with Crippen LogP contribution in [0.1, 0.15) is 19.2 Å². The lowest BCUT2D eigenvalue weighted by molar-refractivity contribution is 0.0869. The molecule has 0 spiro atoms. The Morgan fingerprint density at radius 2 is 2.08 bits per heavy atom. The molecule has 6 nitrogen and oxygen atoms in total. The van der Waals surface area contributed by atoms with Crippen LogP contribution >= 0.6 is 23.7 Å². The topological polar surface area (TPSA) is 57.4 Å². The van der Waals surface area contributed by atoms with Gasteiger partial charge in [-0.25, -0.2) is 0 Å². The summed E-state index contributed by atoms with van der Waals surface area (Å²) in [5, 5.41) is 9.62. The first-order valence-electron chi connectivity index (χ1n) is 8.72. The van der Waals surface area contributed by atoms with Crippen molar-refractivity contribution >= 4 is 23.7 Å². The van der Waals surface area contributed by atoms with Crippen LogP contribution in [0.15, 0.2) is 22.0 Å². The van der Waals surface area contributed by atoms with E-state index in [0.717, 1.165) is 50.0 Å². The minimum atomic E-state index is 0. The average molecular weight is 384 g/mol. The highest BCUT2D eigenvalue weighted by molar-refractivity contribution is 7.13. The second-order valence-electron chi connectivity index (χ2n) is 7.28. The minimum Gasteiger partial charge on any atom is -0.338 e. The molecule has 2 aromatic heterocycles. The third-order valence-corrected chi connectivity index (χ3v) is 5.96. The zero-order valence-corrected chi connectivity index (χ0v) is 16.2. The van der Waals surface area contributed by atoms with Gasteiger partial charge >= 0.3 is 0 Å². The number of aromatic nitrogens is 2. The van der Waals surface area contributed by atoms with Crippen LogP contribution in [-0.2, 0) is 6.54 Å². The van der Waals surface area contributed by atoms with Gasteiger partial charge in [0.2, 0.25) is 11.7 Å². The van der Waals surface area contributed by atoms with Crippen molar-refractivity contribution < 1.29 is 4.52 Å². The van der Waals surface area contributed by atoms with Gasteiger partial charge < -0.3 is 14.7 Å². The molecule has 1 unspecified atom stereocenters. The van der Waals surface area contributed by atoms with E-state index in [1.165, 1.54) is 19.5 Å². The van der Waals surface area contributed by atoms with Gasteiger partial charge in [-0.15, -0.1) is 23.7 Å². The highest BCUT2D eigenvalue weighted by Crippen LogP contribution is 2.26. The lowest BCUT2D eigenvalue weighted by atomic mass is 9.89. The van der Waals surface area contributed by atoms with Gasteiger partial charge in [-0.1, -0.05) is 18.1 Å². The van der Waals surface area contributed by atoms with Gasteiger partial charge in [-0.3, -0.25) is 4.90 Å². The molecule has 2 saturated heterocycles. The van der Waals surface area contributed by atoms with Gasteiger partial charge in [-0.05, 0) is 29.8 Å². The lowest BCUT2D eigenvalue weighted by Crippen LogP contribution is -2.49. The zero-order chi connectivity index (χ0) is 16.4. The van der Waals surface area contributed by atoms with Crippen LogP contribution in [0.5, 0.6) is 0 Å². The molecule has 4 heterocycles. The van der Waals surface area contributed by atoms with E-state index < -0.39 is 0 Å². The largest absolute Gasteiger partial charge is 0.338 e. The first-order valence-corrected chi connectivity index (χ1v) is 9.60. The molecule has 0 bridgehead atoms. The van der Waals surface area contributed by atoms with Crippen LogP contribution in [0.3, 0.4) is 0 Å². The summed E-state index contributed by atoms with van der Waals surface area (Å²) in [4.78, 5) is 10.6. The third kappa shape index (κ3) is 4.60. The number of hydrogen-bond donors (Lipinski definition) is 1. The summed E-state index contributed by atoms with van der Waals surface area (Å²) in [6.45, 7) is 11.1. The van der Waals surface area contributed by atoms with Gasteiger partial charge in [0.15, 0.2) is 0 Å². The van der Waals surface area contributed by atoms with Gasteiger partial charge in [0.05, 0.1) is 11.4 Å². The summed E-state index contributed by atoms with van der Waals surface area (Å²) in [7, 11) is 0. The molecule has 2 aliphatic rings. The Morgan fingerprint density at radius 3 is 2.76 bits per heavy atom. The van der Waals surface area contributed by atoms with Crippen molar-refractivity contribution in [2.75, 3.05) is 45.8 Å². The number of thiophene rings is 1.